The average Bonchev–Trinajstić information content (AvgIpc) is 2.99. The van der Waals surface area contributed by atoms with E-state index in [0.29, 0.717) is 23.7 Å². The van der Waals surface area contributed by atoms with E-state index in [2.05, 4.69) is 5.32 Å². The lowest BCUT2D eigenvalue weighted by Crippen LogP contribution is -2.41. The maximum absolute atomic E-state index is 12.6. The third-order valence-electron chi connectivity index (χ3n) is 4.58. The predicted molar refractivity (Wildman–Crippen MR) is 82.1 cm³/mol. The van der Waals surface area contributed by atoms with Gasteiger partial charge in [-0.05, 0) is 17.7 Å². The Hall–Kier alpha value is -1.15. The summed E-state index contributed by atoms with van der Waals surface area (Å²) < 4.78 is 26.4. The van der Waals surface area contributed by atoms with Crippen LogP contribution in [-0.4, -0.2) is 50.0 Å². The summed E-state index contributed by atoms with van der Waals surface area (Å²) in [6.45, 7) is 1.16. The van der Waals surface area contributed by atoms with Gasteiger partial charge in [-0.2, -0.15) is 0 Å². The van der Waals surface area contributed by atoms with Gasteiger partial charge in [0.15, 0.2) is 0 Å². The first-order chi connectivity index (χ1) is 10.3. The SMILES string of the molecule is O=C(O)[C@@]12CNC[C@@H]1CN(S(=O)(=O)Cc1ccc(Cl)cc1)C2. The van der Waals surface area contributed by atoms with Gasteiger partial charge in [-0.1, -0.05) is 23.7 Å². The van der Waals surface area contributed by atoms with Gasteiger partial charge in [-0.3, -0.25) is 4.79 Å². The lowest BCUT2D eigenvalue weighted by atomic mass is 9.81. The number of aliphatic carboxylic acids is 1. The van der Waals surface area contributed by atoms with Crippen LogP contribution in [0.2, 0.25) is 5.02 Å². The van der Waals surface area contributed by atoms with E-state index in [0.717, 1.165) is 0 Å². The molecule has 120 valence electrons. The van der Waals surface area contributed by atoms with E-state index in [1.165, 1.54) is 4.31 Å². The highest BCUT2D eigenvalue weighted by Crippen LogP contribution is 2.40. The molecule has 22 heavy (non-hydrogen) atoms. The molecule has 1 aromatic rings. The number of sulfonamides is 1. The molecule has 0 aromatic heterocycles. The second kappa shape index (κ2) is 5.49. The maximum Gasteiger partial charge on any atom is 0.312 e. The van der Waals surface area contributed by atoms with Crippen LogP contribution >= 0.6 is 11.6 Å². The van der Waals surface area contributed by atoms with Gasteiger partial charge in [0.05, 0.1) is 11.2 Å². The van der Waals surface area contributed by atoms with Crippen molar-refractivity contribution in [2.24, 2.45) is 11.3 Å². The van der Waals surface area contributed by atoms with Crippen LogP contribution in [0, 0.1) is 11.3 Å². The summed E-state index contributed by atoms with van der Waals surface area (Å²) in [7, 11) is -3.54. The van der Waals surface area contributed by atoms with Crippen molar-refractivity contribution in [1.82, 2.24) is 9.62 Å². The van der Waals surface area contributed by atoms with Crippen molar-refractivity contribution in [2.45, 2.75) is 5.75 Å². The molecule has 2 aliphatic heterocycles. The number of carbonyl (C=O) groups is 1. The Morgan fingerprint density at radius 2 is 2.09 bits per heavy atom. The zero-order valence-electron chi connectivity index (χ0n) is 11.8. The van der Waals surface area contributed by atoms with Gasteiger partial charge < -0.3 is 10.4 Å². The minimum absolute atomic E-state index is 0.0376. The van der Waals surface area contributed by atoms with E-state index >= 15 is 0 Å². The molecule has 0 radical (unpaired) electrons. The van der Waals surface area contributed by atoms with Crippen LogP contribution in [0.25, 0.3) is 0 Å². The van der Waals surface area contributed by atoms with E-state index in [9.17, 15) is 18.3 Å². The maximum atomic E-state index is 12.6. The molecule has 2 saturated heterocycles. The molecule has 0 unspecified atom stereocenters. The molecule has 6 nitrogen and oxygen atoms in total. The molecule has 1 aromatic carbocycles. The van der Waals surface area contributed by atoms with E-state index < -0.39 is 21.4 Å². The summed E-state index contributed by atoms with van der Waals surface area (Å²) in [6, 6.07) is 6.64. The van der Waals surface area contributed by atoms with Gasteiger partial charge >= 0.3 is 5.97 Å². The number of carboxylic acid groups (broad SMARTS) is 1. The lowest BCUT2D eigenvalue weighted by Gasteiger charge is -2.22. The number of nitrogens with zero attached hydrogens (tertiary/aromatic N) is 1. The topological polar surface area (TPSA) is 86.7 Å². The summed E-state index contributed by atoms with van der Waals surface area (Å²) in [5.41, 5.74) is -0.350. The van der Waals surface area contributed by atoms with Crippen molar-refractivity contribution in [3.63, 3.8) is 0 Å². The first-order valence-corrected chi connectivity index (χ1v) is 8.99. The van der Waals surface area contributed by atoms with Crippen molar-refractivity contribution in [1.29, 1.82) is 0 Å². The van der Waals surface area contributed by atoms with Crippen molar-refractivity contribution in [3.05, 3.63) is 34.9 Å². The number of benzene rings is 1. The van der Waals surface area contributed by atoms with Crippen LogP contribution in [0.4, 0.5) is 0 Å². The van der Waals surface area contributed by atoms with Gasteiger partial charge in [0.2, 0.25) is 10.0 Å². The molecule has 2 heterocycles. The Morgan fingerprint density at radius 3 is 2.68 bits per heavy atom. The molecule has 8 heteroatoms. The minimum atomic E-state index is -3.54. The van der Waals surface area contributed by atoms with Crippen molar-refractivity contribution in [3.8, 4) is 0 Å². The second-order valence-electron chi connectivity index (χ2n) is 5.96. The number of hydrogen-bond acceptors (Lipinski definition) is 4. The van der Waals surface area contributed by atoms with Crippen LogP contribution in [0.15, 0.2) is 24.3 Å². The average molecular weight is 345 g/mol. The Kier molecular flexibility index (Phi) is 3.92. The van der Waals surface area contributed by atoms with Crippen LogP contribution in [0.5, 0.6) is 0 Å². The third kappa shape index (κ3) is 2.62. The Labute approximate surface area is 134 Å². The van der Waals surface area contributed by atoms with Crippen LogP contribution in [0.3, 0.4) is 0 Å². The number of rotatable bonds is 4. The fourth-order valence-corrected chi connectivity index (χ4v) is 5.03. The summed E-state index contributed by atoms with van der Waals surface area (Å²) in [4.78, 5) is 11.6. The number of fused-ring (bicyclic) bond motifs is 1. The molecule has 2 aliphatic rings. The molecular weight excluding hydrogens is 328 g/mol. The number of nitrogens with one attached hydrogen (secondary N) is 1. The molecule has 2 N–H and O–H groups in total. The molecule has 0 bridgehead atoms. The molecule has 0 spiro atoms. The van der Waals surface area contributed by atoms with E-state index in [1.54, 1.807) is 24.3 Å². The van der Waals surface area contributed by atoms with E-state index in [1.807, 2.05) is 0 Å². The minimum Gasteiger partial charge on any atom is -0.481 e. The van der Waals surface area contributed by atoms with Crippen LogP contribution in [0.1, 0.15) is 5.56 Å². The lowest BCUT2D eigenvalue weighted by molar-refractivity contribution is -0.148. The first-order valence-electron chi connectivity index (χ1n) is 7.00. The normalized spacial score (nSPS) is 28.7. The highest BCUT2D eigenvalue weighted by atomic mass is 35.5. The third-order valence-corrected chi connectivity index (χ3v) is 6.59. The van der Waals surface area contributed by atoms with Gasteiger partial charge in [-0.25, -0.2) is 12.7 Å². The molecule has 2 fully saturated rings. The van der Waals surface area contributed by atoms with Crippen molar-refractivity contribution < 1.29 is 18.3 Å². The summed E-state index contributed by atoms with van der Waals surface area (Å²) in [5.74, 6) is -1.24. The van der Waals surface area contributed by atoms with Gasteiger partial charge in [0.25, 0.3) is 0 Å². The zero-order valence-corrected chi connectivity index (χ0v) is 13.4. The predicted octanol–water partition coefficient (Wildman–Crippen LogP) is 0.776. The Bertz CT molecular complexity index is 691. The number of carboxylic acids is 1. The largest absolute Gasteiger partial charge is 0.481 e. The van der Waals surface area contributed by atoms with E-state index in [4.69, 9.17) is 11.6 Å². The van der Waals surface area contributed by atoms with Gasteiger partial charge in [0, 0.05) is 37.1 Å². The molecule has 2 atom stereocenters. The fraction of sp³-hybridized carbons (Fsp3) is 0.500. The van der Waals surface area contributed by atoms with E-state index in [-0.39, 0.29) is 24.8 Å². The monoisotopic (exact) mass is 344 g/mol. The van der Waals surface area contributed by atoms with Crippen molar-refractivity contribution >= 4 is 27.6 Å². The quantitative estimate of drug-likeness (QED) is 0.842. The molecule has 3 rings (SSSR count). The van der Waals surface area contributed by atoms with Gasteiger partial charge in [-0.15, -0.1) is 0 Å². The van der Waals surface area contributed by atoms with Crippen LogP contribution in [-0.2, 0) is 20.6 Å². The Balaban J connectivity index is 1.79. The smallest absolute Gasteiger partial charge is 0.312 e. The van der Waals surface area contributed by atoms with Crippen molar-refractivity contribution in [2.75, 3.05) is 26.2 Å². The standard InChI is InChI=1S/C14H17ClN2O4S/c15-12-3-1-10(2-4-12)7-22(20,21)17-6-11-5-16-8-14(11,9-17)13(18)19/h1-4,11,16H,5-9H2,(H,18,19)/t11-,14-/m1/s1. The second-order valence-corrected chi connectivity index (χ2v) is 8.37. The number of hydrogen-bond donors (Lipinski definition) is 2. The Morgan fingerprint density at radius 1 is 1.41 bits per heavy atom. The summed E-state index contributed by atoms with van der Waals surface area (Å²) >= 11 is 5.80. The molecule has 0 aliphatic carbocycles. The highest BCUT2D eigenvalue weighted by molar-refractivity contribution is 7.88. The summed E-state index contributed by atoms with van der Waals surface area (Å²) in [5, 5.41) is 13.1. The summed E-state index contributed by atoms with van der Waals surface area (Å²) in [6.07, 6.45) is 0. The fourth-order valence-electron chi connectivity index (χ4n) is 3.27. The molecular formula is C14H17ClN2O4S. The first kappa shape index (κ1) is 15.7. The van der Waals surface area contributed by atoms with Crippen LogP contribution < -0.4 is 5.32 Å². The molecule has 0 amide bonds. The molecule has 0 saturated carbocycles. The zero-order chi connectivity index (χ0) is 16.0. The number of halogens is 1. The highest BCUT2D eigenvalue weighted by Gasteiger charge is 2.57. The van der Waals surface area contributed by atoms with Gasteiger partial charge in [0.1, 0.15) is 0 Å².